The Morgan fingerprint density at radius 3 is 2.81 bits per heavy atom. The lowest BCUT2D eigenvalue weighted by Crippen LogP contribution is -2.44. The molecule has 1 aromatic heterocycles. The topological polar surface area (TPSA) is 78.2 Å². The summed E-state index contributed by atoms with van der Waals surface area (Å²) >= 11 is 0. The van der Waals surface area contributed by atoms with Crippen LogP contribution < -0.4 is 5.32 Å². The highest BCUT2D eigenvalue weighted by Crippen LogP contribution is 2.44. The Morgan fingerprint density at radius 1 is 1.46 bits per heavy atom. The van der Waals surface area contributed by atoms with Crippen molar-refractivity contribution >= 4 is 11.7 Å². The van der Waals surface area contributed by atoms with Crippen LogP contribution in [0, 0.1) is 29.6 Å². The van der Waals surface area contributed by atoms with Gasteiger partial charge < -0.3 is 15.0 Å². The molecule has 3 heterocycles. The number of amides is 1. The monoisotopic (exact) mass is 358 g/mol. The Hall–Kier alpha value is -2.20. The molecule has 0 bridgehead atoms. The van der Waals surface area contributed by atoms with Gasteiger partial charge in [0.25, 0.3) is 0 Å². The summed E-state index contributed by atoms with van der Waals surface area (Å²) in [5.41, 5.74) is 1.17. The third-order valence-electron chi connectivity index (χ3n) is 6.01. The van der Waals surface area contributed by atoms with Crippen molar-refractivity contribution in [2.45, 2.75) is 38.4 Å². The zero-order chi connectivity index (χ0) is 18.3. The fourth-order valence-electron chi connectivity index (χ4n) is 4.21. The normalized spacial score (nSPS) is 29.4. The highest BCUT2D eigenvalue weighted by atomic mass is 19.1. The fraction of sp³-hybridized carbons (Fsp3) is 0.632. The molecule has 1 aliphatic carbocycles. The van der Waals surface area contributed by atoms with E-state index < -0.39 is 12.1 Å². The summed E-state index contributed by atoms with van der Waals surface area (Å²) in [5.74, 6) is 0.207. The molecule has 1 spiro atoms. The van der Waals surface area contributed by atoms with Crippen molar-refractivity contribution in [3.8, 4) is 6.07 Å². The summed E-state index contributed by atoms with van der Waals surface area (Å²) in [4.78, 5) is 18.9. The van der Waals surface area contributed by atoms with E-state index in [1.807, 2.05) is 17.9 Å². The number of hydrogen-bond donors (Lipinski definition) is 1. The van der Waals surface area contributed by atoms with Crippen molar-refractivity contribution in [2.24, 2.45) is 11.3 Å². The smallest absolute Gasteiger partial charge is 0.228 e. The van der Waals surface area contributed by atoms with E-state index in [2.05, 4.69) is 16.4 Å². The summed E-state index contributed by atoms with van der Waals surface area (Å²) in [7, 11) is 0. The standard InChI is InChI=1S/C19H23FN4O2/c1-12-13(9-21)2-3-17(22-12)23-16-10-24(18(25)14-8-15(14)20)11-19(16)4-6-26-7-5-19/h2-3,14-16H,4-8,10-11H2,1H3,(H,22,23). The number of aryl methyl sites for hydroxylation is 1. The average molecular weight is 358 g/mol. The Balaban J connectivity index is 1.54. The quantitative estimate of drug-likeness (QED) is 0.895. The van der Waals surface area contributed by atoms with Crippen LogP contribution >= 0.6 is 0 Å². The molecule has 2 saturated heterocycles. The van der Waals surface area contributed by atoms with Crippen molar-refractivity contribution < 1.29 is 13.9 Å². The first-order valence-corrected chi connectivity index (χ1v) is 9.17. The predicted molar refractivity (Wildman–Crippen MR) is 93.2 cm³/mol. The van der Waals surface area contributed by atoms with Gasteiger partial charge in [0.15, 0.2) is 0 Å². The van der Waals surface area contributed by atoms with E-state index in [0.29, 0.717) is 49.8 Å². The van der Waals surface area contributed by atoms with Gasteiger partial charge in [0.05, 0.1) is 23.2 Å². The summed E-state index contributed by atoms with van der Waals surface area (Å²) in [6.07, 6.45) is 1.13. The second-order valence-corrected chi connectivity index (χ2v) is 7.69. The third-order valence-corrected chi connectivity index (χ3v) is 6.01. The molecule has 2 aliphatic heterocycles. The second-order valence-electron chi connectivity index (χ2n) is 7.69. The summed E-state index contributed by atoms with van der Waals surface area (Å²) in [5, 5.41) is 12.6. The molecule has 3 aliphatic rings. The van der Waals surface area contributed by atoms with Crippen LogP contribution in [0.3, 0.4) is 0 Å². The number of ether oxygens (including phenoxy) is 1. The van der Waals surface area contributed by atoms with Gasteiger partial charge in [-0.15, -0.1) is 0 Å². The molecular weight excluding hydrogens is 335 g/mol. The molecule has 0 aromatic carbocycles. The number of hydrogen-bond acceptors (Lipinski definition) is 5. The van der Waals surface area contributed by atoms with Crippen molar-refractivity contribution in [3.05, 3.63) is 23.4 Å². The number of aromatic nitrogens is 1. The molecule has 3 fully saturated rings. The van der Waals surface area contributed by atoms with E-state index >= 15 is 0 Å². The second kappa shape index (κ2) is 6.51. The minimum absolute atomic E-state index is 0.0481. The van der Waals surface area contributed by atoms with E-state index in [-0.39, 0.29) is 17.4 Å². The van der Waals surface area contributed by atoms with Gasteiger partial charge in [-0.3, -0.25) is 4.79 Å². The molecule has 1 saturated carbocycles. The Labute approximate surface area is 152 Å². The first-order chi connectivity index (χ1) is 12.5. The predicted octanol–water partition coefficient (Wildman–Crippen LogP) is 2.04. The molecule has 138 valence electrons. The van der Waals surface area contributed by atoms with Crippen LogP contribution in [0.2, 0.25) is 0 Å². The molecule has 1 aromatic rings. The lowest BCUT2D eigenvalue weighted by atomic mass is 9.76. The molecule has 7 heteroatoms. The van der Waals surface area contributed by atoms with Gasteiger partial charge >= 0.3 is 0 Å². The molecule has 3 atom stereocenters. The van der Waals surface area contributed by atoms with Gasteiger partial charge in [-0.1, -0.05) is 0 Å². The van der Waals surface area contributed by atoms with Crippen LogP contribution in [-0.4, -0.2) is 54.3 Å². The highest BCUT2D eigenvalue weighted by Gasteiger charge is 2.53. The fourth-order valence-corrected chi connectivity index (χ4v) is 4.21. The van der Waals surface area contributed by atoms with Crippen molar-refractivity contribution in [1.29, 1.82) is 5.26 Å². The first-order valence-electron chi connectivity index (χ1n) is 9.17. The zero-order valence-corrected chi connectivity index (χ0v) is 14.9. The molecule has 1 N–H and O–H groups in total. The maximum Gasteiger partial charge on any atom is 0.228 e. The van der Waals surface area contributed by atoms with Crippen LogP contribution in [0.4, 0.5) is 10.2 Å². The lowest BCUT2D eigenvalue weighted by molar-refractivity contribution is -0.132. The van der Waals surface area contributed by atoms with Crippen LogP contribution in [0.25, 0.3) is 0 Å². The van der Waals surface area contributed by atoms with E-state index in [4.69, 9.17) is 10.00 Å². The van der Waals surface area contributed by atoms with Crippen LogP contribution in [-0.2, 0) is 9.53 Å². The number of nitrogens with one attached hydrogen (secondary N) is 1. The van der Waals surface area contributed by atoms with Crippen LogP contribution in [0.15, 0.2) is 12.1 Å². The molecular formula is C19H23FN4O2. The van der Waals surface area contributed by atoms with Crippen LogP contribution in [0.1, 0.15) is 30.5 Å². The Morgan fingerprint density at radius 2 is 2.19 bits per heavy atom. The Bertz CT molecular complexity index is 756. The highest BCUT2D eigenvalue weighted by molar-refractivity contribution is 5.82. The minimum atomic E-state index is -0.969. The summed E-state index contributed by atoms with van der Waals surface area (Å²) in [6.45, 7) is 4.37. The zero-order valence-electron chi connectivity index (χ0n) is 14.9. The first kappa shape index (κ1) is 17.2. The molecule has 26 heavy (non-hydrogen) atoms. The number of halogens is 1. The molecule has 4 rings (SSSR count). The maximum atomic E-state index is 13.4. The van der Waals surface area contributed by atoms with Crippen LogP contribution in [0.5, 0.6) is 0 Å². The molecule has 0 radical (unpaired) electrons. The van der Waals surface area contributed by atoms with E-state index in [0.717, 1.165) is 12.8 Å². The van der Waals surface area contributed by atoms with Gasteiger partial charge in [-0.05, 0) is 38.3 Å². The van der Waals surface area contributed by atoms with Gasteiger partial charge in [-0.25, -0.2) is 9.37 Å². The average Bonchev–Trinajstić information content (AvgIpc) is 3.28. The van der Waals surface area contributed by atoms with Crippen molar-refractivity contribution in [2.75, 3.05) is 31.6 Å². The van der Waals surface area contributed by atoms with Gasteiger partial charge in [0.1, 0.15) is 18.1 Å². The van der Waals surface area contributed by atoms with E-state index in [1.165, 1.54) is 0 Å². The third kappa shape index (κ3) is 3.03. The number of pyridine rings is 1. The number of carbonyl (C=O) groups excluding carboxylic acids is 1. The van der Waals surface area contributed by atoms with Gasteiger partial charge in [0, 0.05) is 31.7 Å². The van der Waals surface area contributed by atoms with Crippen molar-refractivity contribution in [3.63, 3.8) is 0 Å². The van der Waals surface area contributed by atoms with Crippen molar-refractivity contribution in [1.82, 2.24) is 9.88 Å². The number of carbonyl (C=O) groups is 1. The molecule has 6 nitrogen and oxygen atoms in total. The van der Waals surface area contributed by atoms with E-state index in [1.54, 1.807) is 6.07 Å². The number of nitriles is 1. The summed E-state index contributed by atoms with van der Waals surface area (Å²) in [6, 6.07) is 5.74. The largest absolute Gasteiger partial charge is 0.381 e. The maximum absolute atomic E-state index is 13.4. The lowest BCUT2D eigenvalue weighted by Gasteiger charge is -2.38. The SMILES string of the molecule is Cc1nc(NC2CN(C(=O)C3CC3F)CC23CCOCC3)ccc1C#N. The van der Waals surface area contributed by atoms with E-state index in [9.17, 15) is 9.18 Å². The van der Waals surface area contributed by atoms with Gasteiger partial charge in [0.2, 0.25) is 5.91 Å². The number of alkyl halides is 1. The molecule has 3 unspecified atom stereocenters. The summed E-state index contributed by atoms with van der Waals surface area (Å²) < 4.78 is 18.9. The molecule has 1 amide bonds. The minimum Gasteiger partial charge on any atom is -0.381 e. The Kier molecular flexibility index (Phi) is 4.31. The number of rotatable bonds is 3. The number of likely N-dealkylation sites (tertiary alicyclic amines) is 1. The number of nitrogens with zero attached hydrogens (tertiary/aromatic N) is 3. The van der Waals surface area contributed by atoms with Gasteiger partial charge in [-0.2, -0.15) is 5.26 Å². The number of anilines is 1.